The van der Waals surface area contributed by atoms with Crippen LogP contribution >= 0.6 is 11.6 Å². The molecule has 246 valence electrons. The number of nitrogens with zero attached hydrogens (tertiary/aromatic N) is 3. The SMILES string of the molecule is C=CCN(C(=O)[C@H]1[C@H]2C(=O)N(CCCCO)C(C(=O)N(CC=C)c3c(C)cccc3Cl)C23CC[C@]1(C)O3)c1ccc(OCC)cc1. The van der Waals surface area contributed by atoms with Crippen LogP contribution in [0.25, 0.3) is 0 Å². The summed E-state index contributed by atoms with van der Waals surface area (Å²) >= 11 is 6.67. The highest BCUT2D eigenvalue weighted by atomic mass is 35.5. The average Bonchev–Trinajstić information content (AvgIpc) is 3.60. The molecule has 1 N–H and O–H groups in total. The number of benzene rings is 2. The second-order valence-corrected chi connectivity index (χ2v) is 12.9. The molecule has 3 fully saturated rings. The summed E-state index contributed by atoms with van der Waals surface area (Å²) in [5.41, 5.74) is -0.161. The summed E-state index contributed by atoms with van der Waals surface area (Å²) in [5, 5.41) is 9.94. The van der Waals surface area contributed by atoms with E-state index in [1.165, 1.54) is 0 Å². The average molecular weight is 650 g/mol. The second-order valence-electron chi connectivity index (χ2n) is 12.5. The van der Waals surface area contributed by atoms with Crippen molar-refractivity contribution in [2.24, 2.45) is 11.8 Å². The molecule has 2 aromatic carbocycles. The Morgan fingerprint density at radius 3 is 2.41 bits per heavy atom. The highest BCUT2D eigenvalue weighted by Gasteiger charge is 2.78. The molecule has 9 nitrogen and oxygen atoms in total. The maximum atomic E-state index is 14.9. The summed E-state index contributed by atoms with van der Waals surface area (Å²) in [6.07, 6.45) is 5.21. The number of ether oxygens (including phenoxy) is 2. The second kappa shape index (κ2) is 13.6. The number of para-hydroxylation sites is 1. The van der Waals surface area contributed by atoms with E-state index in [0.29, 0.717) is 54.4 Å². The highest BCUT2D eigenvalue weighted by Crippen LogP contribution is 2.63. The van der Waals surface area contributed by atoms with Crippen LogP contribution < -0.4 is 14.5 Å². The highest BCUT2D eigenvalue weighted by molar-refractivity contribution is 6.34. The smallest absolute Gasteiger partial charge is 0.253 e. The number of halogens is 1. The number of unbranched alkanes of at least 4 members (excludes halogenated alkanes) is 1. The minimum atomic E-state index is -1.21. The van der Waals surface area contributed by atoms with Gasteiger partial charge in [0.1, 0.15) is 17.4 Å². The van der Waals surface area contributed by atoms with E-state index in [1.807, 2.05) is 57.2 Å². The molecule has 1 spiro atoms. The molecular formula is C36H44ClN3O6. The zero-order valence-corrected chi connectivity index (χ0v) is 27.7. The molecular weight excluding hydrogens is 606 g/mol. The van der Waals surface area contributed by atoms with Gasteiger partial charge >= 0.3 is 0 Å². The van der Waals surface area contributed by atoms with E-state index in [1.54, 1.807) is 32.9 Å². The number of anilines is 2. The van der Waals surface area contributed by atoms with Gasteiger partial charge in [-0.3, -0.25) is 14.4 Å². The third-order valence-electron chi connectivity index (χ3n) is 9.66. The van der Waals surface area contributed by atoms with E-state index in [4.69, 9.17) is 21.1 Å². The lowest BCUT2D eigenvalue weighted by molar-refractivity contribution is -0.144. The van der Waals surface area contributed by atoms with E-state index < -0.39 is 29.1 Å². The maximum Gasteiger partial charge on any atom is 0.253 e. The lowest BCUT2D eigenvalue weighted by Crippen LogP contribution is -2.57. The summed E-state index contributed by atoms with van der Waals surface area (Å²) in [6, 6.07) is 11.7. The van der Waals surface area contributed by atoms with Gasteiger partial charge in [0, 0.05) is 31.9 Å². The van der Waals surface area contributed by atoms with Crippen molar-refractivity contribution in [3.63, 3.8) is 0 Å². The number of hydrogen-bond acceptors (Lipinski definition) is 6. The fraction of sp³-hybridized carbons (Fsp3) is 0.472. The van der Waals surface area contributed by atoms with Gasteiger partial charge in [-0.05, 0) is 82.3 Å². The van der Waals surface area contributed by atoms with Crippen molar-refractivity contribution in [2.45, 2.75) is 63.7 Å². The molecule has 5 atom stereocenters. The van der Waals surface area contributed by atoms with Crippen LogP contribution in [-0.4, -0.2) is 77.8 Å². The number of hydrogen-bond donors (Lipinski definition) is 1. The number of aliphatic hydroxyl groups excluding tert-OH is 1. The Labute approximate surface area is 276 Å². The lowest BCUT2D eigenvalue weighted by Gasteiger charge is -2.37. The van der Waals surface area contributed by atoms with Crippen LogP contribution in [0.1, 0.15) is 45.1 Å². The van der Waals surface area contributed by atoms with Crippen molar-refractivity contribution in [3.05, 3.63) is 78.4 Å². The summed E-state index contributed by atoms with van der Waals surface area (Å²) in [7, 11) is 0. The Morgan fingerprint density at radius 1 is 1.09 bits per heavy atom. The van der Waals surface area contributed by atoms with Gasteiger partial charge in [0.2, 0.25) is 11.8 Å². The Hall–Kier alpha value is -3.66. The summed E-state index contributed by atoms with van der Waals surface area (Å²) in [6.45, 7) is 14.6. The van der Waals surface area contributed by atoms with Crippen molar-refractivity contribution in [3.8, 4) is 5.75 Å². The first-order valence-corrected chi connectivity index (χ1v) is 16.4. The Morgan fingerprint density at radius 2 is 1.78 bits per heavy atom. The van der Waals surface area contributed by atoms with E-state index in [9.17, 15) is 19.5 Å². The summed E-state index contributed by atoms with van der Waals surface area (Å²) in [4.78, 5) is 48.9. The topological polar surface area (TPSA) is 99.6 Å². The van der Waals surface area contributed by atoms with Gasteiger partial charge in [-0.15, -0.1) is 13.2 Å². The van der Waals surface area contributed by atoms with Gasteiger partial charge in [-0.1, -0.05) is 35.9 Å². The third-order valence-corrected chi connectivity index (χ3v) is 9.96. The first-order chi connectivity index (χ1) is 22.1. The number of likely N-dealkylation sites (tertiary alicyclic amines) is 1. The molecule has 0 aromatic heterocycles. The van der Waals surface area contributed by atoms with Crippen molar-refractivity contribution in [1.82, 2.24) is 4.90 Å². The maximum absolute atomic E-state index is 14.9. The molecule has 0 radical (unpaired) electrons. The lowest BCUT2D eigenvalue weighted by atomic mass is 9.66. The Kier molecular flexibility index (Phi) is 9.96. The fourth-order valence-corrected chi connectivity index (χ4v) is 8.08. The first-order valence-electron chi connectivity index (χ1n) is 16.0. The molecule has 0 aliphatic carbocycles. The molecule has 3 saturated heterocycles. The number of rotatable bonds is 14. The van der Waals surface area contributed by atoms with Gasteiger partial charge in [0.25, 0.3) is 5.91 Å². The van der Waals surface area contributed by atoms with Crippen LogP contribution in [0.3, 0.4) is 0 Å². The molecule has 3 amide bonds. The van der Waals surface area contributed by atoms with E-state index in [2.05, 4.69) is 13.2 Å². The third kappa shape index (κ3) is 5.63. The normalized spacial score (nSPS) is 26.2. The quantitative estimate of drug-likeness (QED) is 0.220. The standard InChI is InChI=1S/C36H44ClN3O6/c1-6-20-38(25-14-16-26(17-15-25)45-8-3)32(42)28-29-33(43)40(22-9-10-23-41)31(36(29)19-18-35(28,5)46-36)34(44)39(21-7-2)30-24(4)12-11-13-27(30)37/h6-7,11-17,28-29,31,41H,1-2,8-10,18-23H2,3-5H3/t28-,29+,31?,35+,36?/m1/s1. The molecule has 5 rings (SSSR count). The van der Waals surface area contributed by atoms with Crippen molar-refractivity contribution >= 4 is 40.7 Å². The van der Waals surface area contributed by atoms with E-state index in [-0.39, 0.29) is 44.0 Å². The van der Waals surface area contributed by atoms with Crippen LogP contribution in [-0.2, 0) is 19.1 Å². The molecule has 0 saturated carbocycles. The number of amides is 3. The molecule has 2 aromatic rings. The number of aliphatic hydroxyl groups is 1. The summed E-state index contributed by atoms with van der Waals surface area (Å²) < 4.78 is 12.5. The van der Waals surface area contributed by atoms with Gasteiger partial charge < -0.3 is 29.3 Å². The predicted molar refractivity (Wildman–Crippen MR) is 179 cm³/mol. The molecule has 46 heavy (non-hydrogen) atoms. The van der Waals surface area contributed by atoms with Crippen molar-refractivity contribution in [2.75, 3.05) is 42.6 Å². The van der Waals surface area contributed by atoms with Crippen LogP contribution in [0.15, 0.2) is 67.8 Å². The van der Waals surface area contributed by atoms with Crippen molar-refractivity contribution < 1.29 is 29.0 Å². The minimum absolute atomic E-state index is 0.0368. The summed E-state index contributed by atoms with van der Waals surface area (Å²) in [5.74, 6) is -1.86. The molecule has 2 unspecified atom stereocenters. The van der Waals surface area contributed by atoms with Crippen LogP contribution in [0, 0.1) is 18.8 Å². The molecule has 2 bridgehead atoms. The van der Waals surface area contributed by atoms with Gasteiger partial charge in [-0.2, -0.15) is 0 Å². The van der Waals surface area contributed by atoms with Gasteiger partial charge in [0.05, 0.1) is 34.8 Å². The Balaban J connectivity index is 1.58. The predicted octanol–water partition coefficient (Wildman–Crippen LogP) is 5.32. The Bertz CT molecular complexity index is 1480. The van der Waals surface area contributed by atoms with Gasteiger partial charge in [-0.25, -0.2) is 0 Å². The molecule has 3 heterocycles. The number of carbonyl (C=O) groups is 3. The van der Waals surface area contributed by atoms with Crippen LogP contribution in [0.4, 0.5) is 11.4 Å². The van der Waals surface area contributed by atoms with E-state index >= 15 is 0 Å². The van der Waals surface area contributed by atoms with Crippen LogP contribution in [0.2, 0.25) is 5.02 Å². The fourth-order valence-electron chi connectivity index (χ4n) is 7.76. The number of fused-ring (bicyclic) bond motifs is 1. The number of aryl methyl sites for hydroxylation is 1. The zero-order valence-electron chi connectivity index (χ0n) is 26.9. The number of carbonyl (C=O) groups excluding carboxylic acids is 3. The molecule has 3 aliphatic rings. The van der Waals surface area contributed by atoms with Crippen molar-refractivity contribution in [1.29, 1.82) is 0 Å². The minimum Gasteiger partial charge on any atom is -0.494 e. The monoisotopic (exact) mass is 649 g/mol. The van der Waals surface area contributed by atoms with E-state index in [0.717, 1.165) is 5.56 Å². The largest absolute Gasteiger partial charge is 0.494 e. The van der Waals surface area contributed by atoms with Gasteiger partial charge in [0.15, 0.2) is 0 Å². The molecule has 10 heteroatoms. The zero-order chi connectivity index (χ0) is 33.2. The first kappa shape index (κ1) is 33.7. The van der Waals surface area contributed by atoms with Crippen LogP contribution in [0.5, 0.6) is 5.75 Å². The molecule has 3 aliphatic heterocycles.